The van der Waals surface area contributed by atoms with Crippen LogP contribution in [0.1, 0.15) is 10.6 Å². The van der Waals surface area contributed by atoms with Crippen LogP contribution in [0.4, 0.5) is 5.69 Å². The summed E-state index contributed by atoms with van der Waals surface area (Å²) in [5, 5.41) is 2.83. The van der Waals surface area contributed by atoms with Crippen molar-refractivity contribution in [2.24, 2.45) is 0 Å². The van der Waals surface area contributed by atoms with E-state index in [1.165, 1.54) is 29.2 Å². The highest BCUT2D eigenvalue weighted by Gasteiger charge is 2.07. The molecule has 0 aliphatic rings. The minimum Gasteiger partial charge on any atom is -0.325 e. The van der Waals surface area contributed by atoms with Gasteiger partial charge in [0.25, 0.3) is 5.56 Å². The van der Waals surface area contributed by atoms with Gasteiger partial charge in [-0.3, -0.25) is 14.0 Å². The number of rotatable bonds is 5. The fourth-order valence-electron chi connectivity index (χ4n) is 2.10. The van der Waals surface area contributed by atoms with Crippen molar-refractivity contribution in [3.8, 4) is 0 Å². The molecule has 0 bridgehead atoms. The zero-order valence-electron chi connectivity index (χ0n) is 12.5. The fraction of sp³-hybridized carbons (Fsp3) is 0.188. The smallest absolute Gasteiger partial charge is 0.258 e. The number of carbonyl (C=O) groups is 1. The first-order valence-corrected chi connectivity index (χ1v) is 9.00. The number of aromatic nitrogens is 2. The van der Waals surface area contributed by atoms with E-state index in [2.05, 4.69) is 10.3 Å². The van der Waals surface area contributed by atoms with Crippen molar-refractivity contribution < 1.29 is 4.79 Å². The first-order chi connectivity index (χ1) is 11.1. The fourth-order valence-corrected chi connectivity index (χ4v) is 3.67. The van der Waals surface area contributed by atoms with Gasteiger partial charge in [-0.25, -0.2) is 4.98 Å². The average Bonchev–Trinajstić information content (AvgIpc) is 2.89. The standard InChI is InChI=1S/C16H15N3O2S2/c1-11-8-19-15(21)7-13(18-16(19)23-11)9-22-10-14(20)17-12-5-3-2-4-6-12/h2-8H,9-10H2,1H3,(H,17,20). The molecule has 2 heterocycles. The van der Waals surface area contributed by atoms with Crippen LogP contribution in [-0.2, 0) is 10.5 Å². The Morgan fingerprint density at radius 1 is 1.35 bits per heavy atom. The van der Waals surface area contributed by atoms with Crippen molar-refractivity contribution in [2.45, 2.75) is 12.7 Å². The van der Waals surface area contributed by atoms with Crippen LogP contribution in [0.15, 0.2) is 47.4 Å². The molecule has 2 aromatic heterocycles. The molecule has 0 saturated carbocycles. The molecule has 23 heavy (non-hydrogen) atoms. The Labute approximate surface area is 141 Å². The van der Waals surface area contributed by atoms with Crippen molar-refractivity contribution in [1.82, 2.24) is 9.38 Å². The van der Waals surface area contributed by atoms with Crippen molar-refractivity contribution in [3.63, 3.8) is 0 Å². The summed E-state index contributed by atoms with van der Waals surface area (Å²) in [6.45, 7) is 1.95. The summed E-state index contributed by atoms with van der Waals surface area (Å²) in [5.74, 6) is 0.788. The lowest BCUT2D eigenvalue weighted by Gasteiger charge is -2.04. The van der Waals surface area contributed by atoms with Gasteiger partial charge in [-0.2, -0.15) is 0 Å². The maximum Gasteiger partial charge on any atom is 0.258 e. The molecule has 0 fully saturated rings. The molecule has 1 N–H and O–H groups in total. The Bertz CT molecular complexity index is 887. The summed E-state index contributed by atoms with van der Waals surface area (Å²) in [7, 11) is 0. The third-order valence-corrected chi connectivity index (χ3v) is 4.94. The van der Waals surface area contributed by atoms with Gasteiger partial charge in [0.2, 0.25) is 5.91 Å². The first kappa shape index (κ1) is 15.8. The second kappa shape index (κ2) is 6.97. The Kier molecular flexibility index (Phi) is 4.78. The SMILES string of the molecule is Cc1cn2c(=O)cc(CSCC(=O)Nc3ccccc3)nc2s1. The van der Waals surface area contributed by atoms with Gasteiger partial charge in [-0.05, 0) is 19.1 Å². The minimum atomic E-state index is -0.0799. The summed E-state index contributed by atoms with van der Waals surface area (Å²) in [5.41, 5.74) is 1.41. The van der Waals surface area contributed by atoms with Gasteiger partial charge in [0.1, 0.15) is 0 Å². The molecule has 1 amide bonds. The number of hydrogen-bond donors (Lipinski definition) is 1. The van der Waals surface area contributed by atoms with E-state index < -0.39 is 0 Å². The Morgan fingerprint density at radius 3 is 2.91 bits per heavy atom. The number of para-hydroxylation sites is 1. The van der Waals surface area contributed by atoms with E-state index >= 15 is 0 Å². The number of anilines is 1. The lowest BCUT2D eigenvalue weighted by molar-refractivity contribution is -0.113. The molecule has 5 nitrogen and oxygen atoms in total. The molecular formula is C16H15N3O2S2. The van der Waals surface area contributed by atoms with Crippen LogP contribution in [0.25, 0.3) is 4.96 Å². The molecule has 1 aromatic carbocycles. The Morgan fingerprint density at radius 2 is 2.13 bits per heavy atom. The summed E-state index contributed by atoms with van der Waals surface area (Å²) in [6.07, 6.45) is 1.79. The number of carbonyl (C=O) groups excluding carboxylic acids is 1. The van der Waals surface area contributed by atoms with Crippen molar-refractivity contribution >= 4 is 39.7 Å². The van der Waals surface area contributed by atoms with Crippen LogP contribution in [-0.4, -0.2) is 21.0 Å². The van der Waals surface area contributed by atoms with E-state index in [0.717, 1.165) is 10.6 Å². The summed E-state index contributed by atoms with van der Waals surface area (Å²) < 4.78 is 1.55. The van der Waals surface area contributed by atoms with Crippen LogP contribution >= 0.6 is 23.1 Å². The van der Waals surface area contributed by atoms with Gasteiger partial charge in [0.15, 0.2) is 4.96 Å². The molecule has 3 aromatic rings. The van der Waals surface area contributed by atoms with E-state index in [0.29, 0.717) is 22.2 Å². The number of aryl methyl sites for hydroxylation is 1. The van der Waals surface area contributed by atoms with Gasteiger partial charge in [-0.15, -0.1) is 23.1 Å². The molecule has 3 rings (SSSR count). The quantitative estimate of drug-likeness (QED) is 0.772. The van der Waals surface area contributed by atoms with Crippen molar-refractivity contribution in [2.75, 3.05) is 11.1 Å². The zero-order chi connectivity index (χ0) is 16.2. The molecule has 0 unspecified atom stereocenters. The highest BCUT2D eigenvalue weighted by Crippen LogP contribution is 2.16. The maximum atomic E-state index is 12.0. The number of nitrogens with one attached hydrogen (secondary N) is 1. The van der Waals surface area contributed by atoms with E-state index in [4.69, 9.17) is 0 Å². The van der Waals surface area contributed by atoms with Crippen LogP contribution < -0.4 is 10.9 Å². The second-order valence-corrected chi connectivity index (χ2v) is 7.19. The Hall–Kier alpha value is -2.12. The number of fused-ring (bicyclic) bond motifs is 1. The molecule has 0 radical (unpaired) electrons. The van der Waals surface area contributed by atoms with Crippen LogP contribution in [0.5, 0.6) is 0 Å². The zero-order valence-corrected chi connectivity index (χ0v) is 14.1. The molecule has 0 spiro atoms. The predicted molar refractivity (Wildman–Crippen MR) is 95.3 cm³/mol. The van der Waals surface area contributed by atoms with Gasteiger partial charge >= 0.3 is 0 Å². The number of thioether (sulfide) groups is 1. The highest BCUT2D eigenvalue weighted by molar-refractivity contribution is 7.99. The van der Waals surface area contributed by atoms with Crippen LogP contribution in [0.2, 0.25) is 0 Å². The molecule has 0 saturated heterocycles. The number of thiazole rings is 1. The Balaban J connectivity index is 1.58. The lowest BCUT2D eigenvalue weighted by atomic mass is 10.3. The molecule has 0 atom stereocenters. The van der Waals surface area contributed by atoms with Crippen molar-refractivity contribution in [3.05, 3.63) is 63.5 Å². The highest BCUT2D eigenvalue weighted by atomic mass is 32.2. The summed E-state index contributed by atoms with van der Waals surface area (Å²) >= 11 is 2.93. The first-order valence-electron chi connectivity index (χ1n) is 7.03. The monoisotopic (exact) mass is 345 g/mol. The third-order valence-electron chi connectivity index (χ3n) is 3.08. The average molecular weight is 345 g/mol. The molecule has 7 heteroatoms. The van der Waals surface area contributed by atoms with E-state index in [9.17, 15) is 9.59 Å². The number of benzene rings is 1. The number of nitrogens with zero attached hydrogens (tertiary/aromatic N) is 2. The van der Waals surface area contributed by atoms with Crippen LogP contribution in [0.3, 0.4) is 0 Å². The summed E-state index contributed by atoms with van der Waals surface area (Å²) in [6, 6.07) is 10.9. The maximum absolute atomic E-state index is 12.0. The van der Waals surface area contributed by atoms with Crippen molar-refractivity contribution in [1.29, 1.82) is 0 Å². The molecular weight excluding hydrogens is 330 g/mol. The number of amides is 1. The van der Waals surface area contributed by atoms with Crippen LogP contribution in [0, 0.1) is 6.92 Å². The molecule has 0 aliphatic carbocycles. The topological polar surface area (TPSA) is 63.5 Å². The van der Waals surface area contributed by atoms with Gasteiger partial charge in [0.05, 0.1) is 11.4 Å². The van der Waals surface area contributed by atoms with E-state index in [1.807, 2.05) is 37.3 Å². The second-order valence-electron chi connectivity index (χ2n) is 4.99. The minimum absolute atomic E-state index is 0.0639. The normalized spacial score (nSPS) is 10.8. The number of hydrogen-bond acceptors (Lipinski definition) is 5. The van der Waals surface area contributed by atoms with E-state index in [-0.39, 0.29) is 11.5 Å². The molecule has 0 aliphatic heterocycles. The van der Waals surface area contributed by atoms with Gasteiger partial charge < -0.3 is 5.32 Å². The van der Waals surface area contributed by atoms with Gasteiger partial charge in [0, 0.05) is 28.6 Å². The van der Waals surface area contributed by atoms with Gasteiger partial charge in [-0.1, -0.05) is 18.2 Å². The predicted octanol–water partition coefficient (Wildman–Crippen LogP) is 2.94. The largest absolute Gasteiger partial charge is 0.325 e. The lowest BCUT2D eigenvalue weighted by Crippen LogP contribution is -2.15. The molecule has 118 valence electrons. The van der Waals surface area contributed by atoms with E-state index in [1.54, 1.807) is 10.6 Å². The summed E-state index contributed by atoms with van der Waals surface area (Å²) in [4.78, 5) is 30.1. The third kappa shape index (κ3) is 4.00.